The van der Waals surface area contributed by atoms with Gasteiger partial charge in [-0.25, -0.2) is 9.37 Å². The number of nitrogens with one attached hydrogen (secondary N) is 1. The number of hydrogen-bond donors (Lipinski definition) is 1. The number of aromatic nitrogens is 1. The van der Waals surface area contributed by atoms with Crippen LogP contribution in [0.1, 0.15) is 36.6 Å². The van der Waals surface area contributed by atoms with Crippen molar-refractivity contribution >= 4 is 28.5 Å². The summed E-state index contributed by atoms with van der Waals surface area (Å²) in [6, 6.07) is 6.59. The number of halogens is 1. The lowest BCUT2D eigenvalue weighted by Gasteiger charge is -2.32. The lowest BCUT2D eigenvalue weighted by molar-refractivity contribution is -0.111. The van der Waals surface area contributed by atoms with Crippen LogP contribution in [0.25, 0.3) is 6.08 Å². The molecular formula is C19H22FN3OS. The molecule has 0 radical (unpaired) electrons. The van der Waals surface area contributed by atoms with E-state index in [0.717, 1.165) is 23.5 Å². The van der Waals surface area contributed by atoms with Crippen molar-refractivity contribution < 1.29 is 9.18 Å². The summed E-state index contributed by atoms with van der Waals surface area (Å²) in [7, 11) is 0. The van der Waals surface area contributed by atoms with Crippen molar-refractivity contribution in [3.63, 3.8) is 0 Å². The van der Waals surface area contributed by atoms with Crippen molar-refractivity contribution in [2.45, 2.75) is 38.8 Å². The van der Waals surface area contributed by atoms with E-state index in [-0.39, 0.29) is 11.7 Å². The molecule has 1 amide bonds. The SMILES string of the molecule is CC1CCCCN1Cc1cnc(NC(=O)/C=C/c2ccc(F)cc2)s1. The Bertz CT molecular complexity index is 741. The Balaban J connectivity index is 1.53. The van der Waals surface area contributed by atoms with Gasteiger partial charge in [0.1, 0.15) is 5.82 Å². The molecule has 6 heteroatoms. The van der Waals surface area contributed by atoms with Gasteiger partial charge in [-0.1, -0.05) is 18.6 Å². The number of anilines is 1. The van der Waals surface area contributed by atoms with Gasteiger partial charge in [-0.15, -0.1) is 11.3 Å². The summed E-state index contributed by atoms with van der Waals surface area (Å²) in [6.45, 7) is 4.28. The van der Waals surface area contributed by atoms with Gasteiger partial charge in [0.2, 0.25) is 5.91 Å². The summed E-state index contributed by atoms with van der Waals surface area (Å²) >= 11 is 1.51. The van der Waals surface area contributed by atoms with E-state index in [0.29, 0.717) is 11.2 Å². The summed E-state index contributed by atoms with van der Waals surface area (Å²) in [5, 5.41) is 3.39. The van der Waals surface area contributed by atoms with Gasteiger partial charge in [-0.05, 0) is 50.1 Å². The largest absolute Gasteiger partial charge is 0.298 e. The van der Waals surface area contributed by atoms with Crippen LogP contribution in [0, 0.1) is 5.82 Å². The molecule has 0 saturated carbocycles. The van der Waals surface area contributed by atoms with Crippen LogP contribution in [-0.4, -0.2) is 28.4 Å². The van der Waals surface area contributed by atoms with Gasteiger partial charge in [0, 0.05) is 29.7 Å². The molecule has 1 aromatic heterocycles. The van der Waals surface area contributed by atoms with Crippen LogP contribution in [0.2, 0.25) is 0 Å². The maximum atomic E-state index is 12.9. The van der Waals surface area contributed by atoms with Crippen molar-refractivity contribution in [1.82, 2.24) is 9.88 Å². The van der Waals surface area contributed by atoms with Gasteiger partial charge < -0.3 is 0 Å². The van der Waals surface area contributed by atoms with Crippen molar-refractivity contribution in [1.29, 1.82) is 0 Å². The standard InChI is InChI=1S/C19H22FN3OS/c1-14-4-2-3-11-23(14)13-17-12-21-19(25-17)22-18(24)10-7-15-5-8-16(20)9-6-15/h5-10,12,14H,2-4,11,13H2,1H3,(H,21,22,24)/b10-7+. The van der Waals surface area contributed by atoms with Crippen LogP contribution >= 0.6 is 11.3 Å². The molecule has 0 spiro atoms. The fourth-order valence-corrected chi connectivity index (χ4v) is 3.77. The Hall–Kier alpha value is -2.05. The minimum Gasteiger partial charge on any atom is -0.298 e. The first kappa shape index (κ1) is 17.8. The summed E-state index contributed by atoms with van der Waals surface area (Å²) in [6.07, 6.45) is 8.73. The van der Waals surface area contributed by atoms with Crippen molar-refractivity contribution in [3.05, 3.63) is 52.8 Å². The molecule has 1 fully saturated rings. The average molecular weight is 359 g/mol. The zero-order chi connectivity index (χ0) is 17.6. The molecule has 1 N–H and O–H groups in total. The van der Waals surface area contributed by atoms with Crippen LogP contribution in [0.5, 0.6) is 0 Å². The summed E-state index contributed by atoms with van der Waals surface area (Å²) in [4.78, 5) is 19.9. The van der Waals surface area contributed by atoms with E-state index >= 15 is 0 Å². The number of benzene rings is 1. The third kappa shape index (κ3) is 5.21. The highest BCUT2D eigenvalue weighted by Crippen LogP contribution is 2.24. The van der Waals surface area contributed by atoms with Gasteiger partial charge in [0.25, 0.3) is 0 Å². The first-order valence-electron chi connectivity index (χ1n) is 8.53. The van der Waals surface area contributed by atoms with E-state index in [1.165, 1.54) is 48.8 Å². The van der Waals surface area contributed by atoms with Crippen LogP contribution < -0.4 is 5.32 Å². The predicted molar refractivity (Wildman–Crippen MR) is 99.9 cm³/mol. The molecule has 2 heterocycles. The van der Waals surface area contributed by atoms with E-state index in [4.69, 9.17) is 0 Å². The highest BCUT2D eigenvalue weighted by atomic mass is 32.1. The number of carbonyl (C=O) groups is 1. The topological polar surface area (TPSA) is 45.2 Å². The third-order valence-corrected chi connectivity index (χ3v) is 5.28. The zero-order valence-electron chi connectivity index (χ0n) is 14.2. The highest BCUT2D eigenvalue weighted by Gasteiger charge is 2.19. The van der Waals surface area contributed by atoms with Crippen molar-refractivity contribution in [2.75, 3.05) is 11.9 Å². The molecule has 1 aliphatic heterocycles. The lowest BCUT2D eigenvalue weighted by atomic mass is 10.0. The molecule has 1 aliphatic rings. The molecule has 1 unspecified atom stereocenters. The number of nitrogens with zero attached hydrogens (tertiary/aromatic N) is 2. The third-order valence-electron chi connectivity index (χ3n) is 4.38. The Morgan fingerprint density at radius 3 is 2.96 bits per heavy atom. The first-order valence-corrected chi connectivity index (χ1v) is 9.35. The first-order chi connectivity index (χ1) is 12.1. The quantitative estimate of drug-likeness (QED) is 0.809. The van der Waals surface area contributed by atoms with Crippen molar-refractivity contribution in [3.8, 4) is 0 Å². The Morgan fingerprint density at radius 2 is 2.20 bits per heavy atom. The monoisotopic (exact) mass is 359 g/mol. The fraction of sp³-hybridized carbons (Fsp3) is 0.368. The summed E-state index contributed by atoms with van der Waals surface area (Å²) in [5.41, 5.74) is 0.774. The minimum absolute atomic E-state index is 0.239. The molecular weight excluding hydrogens is 337 g/mol. The van der Waals surface area contributed by atoms with Gasteiger partial charge in [0.05, 0.1) is 0 Å². The maximum absolute atomic E-state index is 12.9. The number of piperidine rings is 1. The van der Waals surface area contributed by atoms with E-state index in [1.54, 1.807) is 18.2 Å². The van der Waals surface area contributed by atoms with E-state index in [2.05, 4.69) is 22.1 Å². The summed E-state index contributed by atoms with van der Waals surface area (Å²) in [5.74, 6) is -0.531. The molecule has 132 valence electrons. The van der Waals surface area contributed by atoms with Gasteiger partial charge >= 0.3 is 0 Å². The van der Waals surface area contributed by atoms with Crippen LogP contribution in [0.15, 0.2) is 36.5 Å². The molecule has 4 nitrogen and oxygen atoms in total. The Kier molecular flexibility index (Phi) is 5.94. The number of likely N-dealkylation sites (tertiary alicyclic amines) is 1. The number of amides is 1. The molecule has 25 heavy (non-hydrogen) atoms. The number of carbonyl (C=O) groups excluding carboxylic acids is 1. The van der Waals surface area contributed by atoms with E-state index < -0.39 is 0 Å². The number of hydrogen-bond acceptors (Lipinski definition) is 4. The second-order valence-electron chi connectivity index (χ2n) is 6.32. The molecule has 1 atom stereocenters. The van der Waals surface area contributed by atoms with Crippen LogP contribution in [-0.2, 0) is 11.3 Å². The van der Waals surface area contributed by atoms with Crippen LogP contribution in [0.4, 0.5) is 9.52 Å². The fourth-order valence-electron chi connectivity index (χ4n) is 2.92. The van der Waals surface area contributed by atoms with E-state index in [9.17, 15) is 9.18 Å². The number of thiazole rings is 1. The predicted octanol–water partition coefficient (Wildman–Crippen LogP) is 4.31. The molecule has 1 aromatic carbocycles. The zero-order valence-corrected chi connectivity index (χ0v) is 15.1. The Labute approximate surface area is 151 Å². The average Bonchev–Trinajstić information content (AvgIpc) is 3.03. The molecule has 0 aliphatic carbocycles. The smallest absolute Gasteiger partial charge is 0.250 e. The van der Waals surface area contributed by atoms with Gasteiger partial charge in [-0.2, -0.15) is 0 Å². The molecule has 3 rings (SSSR count). The highest BCUT2D eigenvalue weighted by molar-refractivity contribution is 7.15. The second kappa shape index (κ2) is 8.36. The molecule has 0 bridgehead atoms. The van der Waals surface area contributed by atoms with Gasteiger partial charge in [0.15, 0.2) is 5.13 Å². The molecule has 1 saturated heterocycles. The molecule has 2 aromatic rings. The second-order valence-corrected chi connectivity index (χ2v) is 7.44. The van der Waals surface area contributed by atoms with Gasteiger partial charge in [-0.3, -0.25) is 15.0 Å². The Morgan fingerprint density at radius 1 is 1.40 bits per heavy atom. The van der Waals surface area contributed by atoms with Crippen LogP contribution in [0.3, 0.4) is 0 Å². The minimum atomic E-state index is -0.292. The normalized spacial score (nSPS) is 18.6. The number of rotatable bonds is 5. The van der Waals surface area contributed by atoms with Crippen molar-refractivity contribution in [2.24, 2.45) is 0 Å². The lowest BCUT2D eigenvalue weighted by Crippen LogP contribution is -2.36. The van der Waals surface area contributed by atoms with E-state index in [1.807, 2.05) is 6.20 Å². The summed E-state index contributed by atoms with van der Waals surface area (Å²) < 4.78 is 12.9. The maximum Gasteiger partial charge on any atom is 0.250 e.